The average molecular weight is 154 g/mol. The fraction of sp³-hybridized carbons (Fsp3) is 0.875. The third-order valence-corrected chi connectivity index (χ3v) is 3.29. The summed E-state index contributed by atoms with van der Waals surface area (Å²) in [7, 11) is 0. The van der Waals surface area contributed by atoms with Crippen LogP contribution in [0.2, 0.25) is 0 Å². The number of carbonyl (C=O) groups is 1. The molecule has 2 saturated carbocycles. The molecule has 0 aromatic heterocycles. The second-order valence-corrected chi connectivity index (χ2v) is 4.03. The summed E-state index contributed by atoms with van der Waals surface area (Å²) >= 11 is 0. The van der Waals surface area contributed by atoms with E-state index in [2.05, 4.69) is 0 Å². The van der Waals surface area contributed by atoms with Crippen molar-refractivity contribution in [3.05, 3.63) is 0 Å². The lowest BCUT2D eigenvalue weighted by atomic mass is 9.83. The van der Waals surface area contributed by atoms with Crippen molar-refractivity contribution in [3.8, 4) is 0 Å². The fourth-order valence-corrected chi connectivity index (χ4v) is 2.70. The van der Waals surface area contributed by atoms with Gasteiger partial charge < -0.3 is 11.5 Å². The number of primary amides is 1. The summed E-state index contributed by atoms with van der Waals surface area (Å²) < 4.78 is 0. The van der Waals surface area contributed by atoms with Crippen LogP contribution in [-0.4, -0.2) is 11.4 Å². The molecule has 2 aliphatic carbocycles. The number of hydrogen-bond donors (Lipinski definition) is 2. The number of fused-ring (bicyclic) bond motifs is 2. The lowest BCUT2D eigenvalue weighted by Gasteiger charge is -2.28. The zero-order valence-electron chi connectivity index (χ0n) is 6.55. The molecule has 3 atom stereocenters. The number of nitrogens with two attached hydrogens (primary N) is 2. The highest BCUT2D eigenvalue weighted by Gasteiger charge is 2.51. The van der Waals surface area contributed by atoms with E-state index in [0.717, 1.165) is 19.3 Å². The molecule has 2 rings (SSSR count). The minimum atomic E-state index is -0.226. The first kappa shape index (κ1) is 7.10. The van der Waals surface area contributed by atoms with Crippen molar-refractivity contribution in [2.75, 3.05) is 0 Å². The standard InChI is InChI=1S/C8H14N2O/c9-7(11)6-3-5-1-2-8(6,10)4-5/h5-6H,1-4,10H2,(H2,9,11). The van der Waals surface area contributed by atoms with Gasteiger partial charge in [-0.2, -0.15) is 0 Å². The quantitative estimate of drug-likeness (QED) is 0.557. The van der Waals surface area contributed by atoms with Crippen LogP contribution in [-0.2, 0) is 4.79 Å². The van der Waals surface area contributed by atoms with Gasteiger partial charge in [0.05, 0.1) is 5.92 Å². The van der Waals surface area contributed by atoms with Gasteiger partial charge in [-0.05, 0) is 31.6 Å². The molecule has 2 aliphatic rings. The van der Waals surface area contributed by atoms with E-state index in [0.29, 0.717) is 5.92 Å². The molecule has 0 radical (unpaired) electrons. The van der Waals surface area contributed by atoms with E-state index in [1.54, 1.807) is 0 Å². The van der Waals surface area contributed by atoms with Crippen LogP contribution in [0.3, 0.4) is 0 Å². The highest BCUT2D eigenvalue weighted by atomic mass is 16.1. The average Bonchev–Trinajstić information content (AvgIpc) is 2.41. The van der Waals surface area contributed by atoms with Crippen molar-refractivity contribution >= 4 is 5.91 Å². The van der Waals surface area contributed by atoms with E-state index in [4.69, 9.17) is 11.5 Å². The van der Waals surface area contributed by atoms with Gasteiger partial charge in [-0.15, -0.1) is 0 Å². The highest BCUT2D eigenvalue weighted by molar-refractivity contribution is 5.78. The molecular weight excluding hydrogens is 140 g/mol. The Kier molecular flexibility index (Phi) is 1.27. The van der Waals surface area contributed by atoms with Gasteiger partial charge in [0.25, 0.3) is 0 Å². The number of carbonyl (C=O) groups excluding carboxylic acids is 1. The summed E-state index contributed by atoms with van der Waals surface area (Å²) in [5.74, 6) is 0.438. The Bertz CT molecular complexity index is 204. The Morgan fingerprint density at radius 2 is 2.27 bits per heavy atom. The van der Waals surface area contributed by atoms with Crippen LogP contribution in [0.4, 0.5) is 0 Å². The van der Waals surface area contributed by atoms with Crippen molar-refractivity contribution < 1.29 is 4.79 Å². The molecule has 0 aromatic rings. The smallest absolute Gasteiger partial charge is 0.222 e. The van der Waals surface area contributed by atoms with Crippen LogP contribution in [0.1, 0.15) is 25.7 Å². The van der Waals surface area contributed by atoms with E-state index < -0.39 is 0 Å². The van der Waals surface area contributed by atoms with Crippen molar-refractivity contribution in [2.24, 2.45) is 23.3 Å². The predicted octanol–water partition coefficient (Wildman–Crippen LogP) is -0.0108. The summed E-state index contributed by atoms with van der Waals surface area (Å²) in [6.45, 7) is 0. The zero-order chi connectivity index (χ0) is 8.06. The lowest BCUT2D eigenvalue weighted by Crippen LogP contribution is -2.48. The Morgan fingerprint density at radius 1 is 1.55 bits per heavy atom. The van der Waals surface area contributed by atoms with Crippen LogP contribution < -0.4 is 11.5 Å². The maximum absolute atomic E-state index is 10.9. The van der Waals surface area contributed by atoms with E-state index in [9.17, 15) is 4.79 Å². The molecule has 0 spiro atoms. The summed E-state index contributed by atoms with van der Waals surface area (Å²) in [6, 6.07) is 0. The largest absolute Gasteiger partial charge is 0.369 e. The first-order chi connectivity index (χ1) is 5.12. The third kappa shape index (κ3) is 0.872. The van der Waals surface area contributed by atoms with Crippen LogP contribution in [0.25, 0.3) is 0 Å². The Labute approximate surface area is 66.1 Å². The molecule has 3 heteroatoms. The van der Waals surface area contributed by atoms with Crippen molar-refractivity contribution in [1.82, 2.24) is 0 Å². The van der Waals surface area contributed by atoms with Crippen LogP contribution in [0, 0.1) is 11.8 Å². The minimum absolute atomic E-state index is 0.0405. The summed E-state index contributed by atoms with van der Waals surface area (Å²) in [6.07, 6.45) is 4.14. The second-order valence-electron chi connectivity index (χ2n) is 4.03. The molecule has 3 unspecified atom stereocenters. The molecule has 4 N–H and O–H groups in total. The van der Waals surface area contributed by atoms with Gasteiger partial charge in [-0.25, -0.2) is 0 Å². The summed E-state index contributed by atoms with van der Waals surface area (Å²) in [5.41, 5.74) is 11.1. The topological polar surface area (TPSA) is 69.1 Å². The molecule has 2 bridgehead atoms. The molecular formula is C8H14N2O. The van der Waals surface area contributed by atoms with Gasteiger partial charge in [0.1, 0.15) is 0 Å². The molecule has 0 aromatic carbocycles. The highest BCUT2D eigenvalue weighted by Crippen LogP contribution is 2.49. The predicted molar refractivity (Wildman–Crippen MR) is 41.6 cm³/mol. The normalized spacial score (nSPS) is 48.1. The second kappa shape index (κ2) is 1.97. The SMILES string of the molecule is NC(=O)C1CC2CCC1(N)C2. The fourth-order valence-electron chi connectivity index (χ4n) is 2.70. The van der Waals surface area contributed by atoms with Crippen molar-refractivity contribution in [2.45, 2.75) is 31.2 Å². The molecule has 0 heterocycles. The van der Waals surface area contributed by atoms with Crippen molar-refractivity contribution in [1.29, 1.82) is 0 Å². The Hall–Kier alpha value is -0.570. The number of amides is 1. The van der Waals surface area contributed by atoms with Gasteiger partial charge in [0, 0.05) is 5.54 Å². The zero-order valence-corrected chi connectivity index (χ0v) is 6.55. The van der Waals surface area contributed by atoms with Gasteiger partial charge in [-0.1, -0.05) is 0 Å². The van der Waals surface area contributed by atoms with E-state index in [-0.39, 0.29) is 17.4 Å². The third-order valence-electron chi connectivity index (χ3n) is 3.29. The molecule has 1 amide bonds. The Morgan fingerprint density at radius 3 is 2.55 bits per heavy atom. The van der Waals surface area contributed by atoms with Gasteiger partial charge >= 0.3 is 0 Å². The Balaban J connectivity index is 2.21. The molecule has 11 heavy (non-hydrogen) atoms. The summed E-state index contributed by atoms with van der Waals surface area (Å²) in [4.78, 5) is 10.9. The van der Waals surface area contributed by atoms with Crippen LogP contribution >= 0.6 is 0 Å². The van der Waals surface area contributed by atoms with Gasteiger partial charge in [0.15, 0.2) is 0 Å². The molecule has 3 nitrogen and oxygen atoms in total. The lowest BCUT2D eigenvalue weighted by molar-refractivity contribution is -0.123. The van der Waals surface area contributed by atoms with Gasteiger partial charge in [-0.3, -0.25) is 4.79 Å². The molecule has 62 valence electrons. The maximum atomic E-state index is 10.9. The van der Waals surface area contributed by atoms with Gasteiger partial charge in [0.2, 0.25) is 5.91 Å². The van der Waals surface area contributed by atoms with E-state index in [1.807, 2.05) is 0 Å². The molecule has 0 saturated heterocycles. The first-order valence-electron chi connectivity index (χ1n) is 4.20. The monoisotopic (exact) mass is 154 g/mol. The van der Waals surface area contributed by atoms with Crippen LogP contribution in [0.5, 0.6) is 0 Å². The first-order valence-corrected chi connectivity index (χ1v) is 4.20. The molecule has 0 aliphatic heterocycles. The van der Waals surface area contributed by atoms with E-state index in [1.165, 1.54) is 6.42 Å². The molecule has 2 fully saturated rings. The van der Waals surface area contributed by atoms with Crippen molar-refractivity contribution in [3.63, 3.8) is 0 Å². The minimum Gasteiger partial charge on any atom is -0.369 e. The maximum Gasteiger partial charge on any atom is 0.222 e. The summed E-state index contributed by atoms with van der Waals surface area (Å²) in [5, 5.41) is 0. The van der Waals surface area contributed by atoms with Crippen LogP contribution in [0.15, 0.2) is 0 Å². The number of rotatable bonds is 1. The van der Waals surface area contributed by atoms with E-state index >= 15 is 0 Å². The number of hydrogen-bond acceptors (Lipinski definition) is 2.